The molecule has 3 nitrogen and oxygen atoms in total. The van der Waals surface area contributed by atoms with E-state index in [-0.39, 0.29) is 5.25 Å². The fourth-order valence-electron chi connectivity index (χ4n) is 3.12. The maximum atomic E-state index is 12.3. The van der Waals surface area contributed by atoms with E-state index in [2.05, 4.69) is 26.1 Å². The zero-order valence-electron chi connectivity index (χ0n) is 13.5. The van der Waals surface area contributed by atoms with Crippen LogP contribution in [-0.2, 0) is 9.84 Å². The Labute approximate surface area is 125 Å². The van der Waals surface area contributed by atoms with Crippen LogP contribution in [0.4, 0.5) is 0 Å². The van der Waals surface area contributed by atoms with Crippen molar-refractivity contribution in [2.24, 2.45) is 5.92 Å². The van der Waals surface area contributed by atoms with E-state index in [9.17, 15) is 8.42 Å². The minimum Gasteiger partial charge on any atom is -0.314 e. The number of unbranched alkanes of at least 4 members (excludes halogenated alkanes) is 1. The second-order valence-electron chi connectivity index (χ2n) is 6.61. The predicted molar refractivity (Wildman–Crippen MR) is 86.8 cm³/mol. The summed E-state index contributed by atoms with van der Waals surface area (Å²) in [4.78, 5) is 0. The van der Waals surface area contributed by atoms with Gasteiger partial charge in [0.05, 0.1) is 11.0 Å². The normalized spacial score (nSPS) is 25.6. The average molecular weight is 304 g/mol. The molecule has 0 aromatic heterocycles. The van der Waals surface area contributed by atoms with Crippen molar-refractivity contribution in [3.63, 3.8) is 0 Å². The third-order valence-electron chi connectivity index (χ3n) is 4.45. The van der Waals surface area contributed by atoms with Gasteiger partial charge in [0.1, 0.15) is 0 Å². The first-order valence-electron chi connectivity index (χ1n) is 8.40. The molecule has 4 heteroatoms. The van der Waals surface area contributed by atoms with E-state index in [0.717, 1.165) is 51.5 Å². The summed E-state index contributed by atoms with van der Waals surface area (Å²) in [6, 6.07) is 0.507. The molecule has 1 N–H and O–H groups in total. The number of sulfone groups is 1. The van der Waals surface area contributed by atoms with Gasteiger partial charge in [0.2, 0.25) is 0 Å². The molecular formula is C16H33NO2S. The van der Waals surface area contributed by atoms with E-state index in [0.29, 0.717) is 17.7 Å². The molecule has 20 heavy (non-hydrogen) atoms. The highest BCUT2D eigenvalue weighted by Gasteiger charge is 2.29. The van der Waals surface area contributed by atoms with E-state index in [1.165, 1.54) is 6.42 Å². The Bertz CT molecular complexity index is 353. The Kier molecular flexibility index (Phi) is 8.11. The Balaban J connectivity index is 2.22. The van der Waals surface area contributed by atoms with Crippen molar-refractivity contribution in [2.75, 3.05) is 12.3 Å². The average Bonchev–Trinajstić information content (AvgIpc) is 2.41. The van der Waals surface area contributed by atoms with Crippen molar-refractivity contribution in [3.8, 4) is 0 Å². The number of hydrogen-bond donors (Lipinski definition) is 1. The summed E-state index contributed by atoms with van der Waals surface area (Å²) in [7, 11) is -2.85. The molecule has 1 aliphatic rings. The first kappa shape index (κ1) is 18.0. The van der Waals surface area contributed by atoms with Crippen LogP contribution in [0.15, 0.2) is 0 Å². The predicted octanol–water partition coefficient (Wildman–Crippen LogP) is 3.54. The maximum absolute atomic E-state index is 12.3. The van der Waals surface area contributed by atoms with Crippen LogP contribution in [0.2, 0.25) is 0 Å². The molecule has 120 valence electrons. The Morgan fingerprint density at radius 3 is 2.65 bits per heavy atom. The van der Waals surface area contributed by atoms with Crippen LogP contribution < -0.4 is 5.32 Å². The molecular weight excluding hydrogens is 270 g/mol. The third-order valence-corrected chi connectivity index (χ3v) is 6.76. The molecule has 0 heterocycles. The molecule has 0 aliphatic heterocycles. The highest BCUT2D eigenvalue weighted by Crippen LogP contribution is 2.29. The summed E-state index contributed by atoms with van der Waals surface area (Å²) in [5.74, 6) is 0.979. The van der Waals surface area contributed by atoms with Crippen LogP contribution in [-0.4, -0.2) is 32.0 Å². The van der Waals surface area contributed by atoms with Crippen molar-refractivity contribution in [1.82, 2.24) is 5.32 Å². The lowest BCUT2D eigenvalue weighted by atomic mass is 9.91. The van der Waals surface area contributed by atoms with Crippen LogP contribution in [0, 0.1) is 5.92 Å². The molecule has 0 bridgehead atoms. The molecule has 1 saturated carbocycles. The van der Waals surface area contributed by atoms with Crippen molar-refractivity contribution in [2.45, 2.75) is 83.4 Å². The van der Waals surface area contributed by atoms with Gasteiger partial charge in [-0.2, -0.15) is 0 Å². The topological polar surface area (TPSA) is 46.2 Å². The highest BCUT2D eigenvalue weighted by atomic mass is 32.2. The Morgan fingerprint density at radius 2 is 2.00 bits per heavy atom. The summed E-state index contributed by atoms with van der Waals surface area (Å²) in [5, 5.41) is 3.40. The first-order valence-corrected chi connectivity index (χ1v) is 10.1. The summed E-state index contributed by atoms with van der Waals surface area (Å²) < 4.78 is 24.7. The minimum absolute atomic E-state index is 0.0538. The van der Waals surface area contributed by atoms with Crippen LogP contribution in [0.1, 0.15) is 72.1 Å². The van der Waals surface area contributed by atoms with Gasteiger partial charge in [-0.05, 0) is 51.5 Å². The lowest BCUT2D eigenvalue weighted by Gasteiger charge is -2.26. The standard InChI is InChI=1S/C16H33NO2S/c1-4-11-17-15(3)9-5-6-12-20(18,19)16-10-7-8-14(2)13-16/h14-17H,4-13H2,1-3H3. The molecule has 0 spiro atoms. The minimum atomic E-state index is -2.85. The molecule has 1 fully saturated rings. The molecule has 3 atom stereocenters. The van der Waals surface area contributed by atoms with E-state index in [4.69, 9.17) is 0 Å². The van der Waals surface area contributed by atoms with Crippen LogP contribution in [0.3, 0.4) is 0 Å². The van der Waals surface area contributed by atoms with Gasteiger partial charge in [-0.3, -0.25) is 0 Å². The molecule has 1 aliphatic carbocycles. The SMILES string of the molecule is CCCNC(C)CCCCS(=O)(=O)C1CCCC(C)C1. The quantitative estimate of drug-likeness (QED) is 0.663. The zero-order valence-corrected chi connectivity index (χ0v) is 14.3. The van der Waals surface area contributed by atoms with Crippen LogP contribution in [0.5, 0.6) is 0 Å². The van der Waals surface area contributed by atoms with Gasteiger partial charge in [-0.1, -0.05) is 33.1 Å². The van der Waals surface area contributed by atoms with E-state index >= 15 is 0 Å². The summed E-state index contributed by atoms with van der Waals surface area (Å²) in [6.45, 7) is 7.59. The van der Waals surface area contributed by atoms with Crippen molar-refractivity contribution >= 4 is 9.84 Å². The monoisotopic (exact) mass is 303 g/mol. The number of rotatable bonds is 9. The van der Waals surface area contributed by atoms with Gasteiger partial charge in [0, 0.05) is 6.04 Å². The molecule has 0 radical (unpaired) electrons. The summed E-state index contributed by atoms with van der Waals surface area (Å²) >= 11 is 0. The lowest BCUT2D eigenvalue weighted by molar-refractivity contribution is 0.381. The van der Waals surface area contributed by atoms with Gasteiger partial charge in [0.25, 0.3) is 0 Å². The Morgan fingerprint density at radius 1 is 1.25 bits per heavy atom. The lowest BCUT2D eigenvalue weighted by Crippen LogP contribution is -2.30. The van der Waals surface area contributed by atoms with E-state index in [1.54, 1.807) is 0 Å². The van der Waals surface area contributed by atoms with Crippen molar-refractivity contribution < 1.29 is 8.42 Å². The van der Waals surface area contributed by atoms with Crippen LogP contribution in [0.25, 0.3) is 0 Å². The largest absolute Gasteiger partial charge is 0.314 e. The first-order chi connectivity index (χ1) is 9.45. The van der Waals surface area contributed by atoms with Crippen LogP contribution >= 0.6 is 0 Å². The fraction of sp³-hybridized carbons (Fsp3) is 1.00. The summed E-state index contributed by atoms with van der Waals surface area (Å²) in [6.07, 6.45) is 8.13. The molecule has 3 unspecified atom stereocenters. The highest BCUT2D eigenvalue weighted by molar-refractivity contribution is 7.92. The fourth-order valence-corrected chi connectivity index (χ4v) is 5.21. The smallest absolute Gasteiger partial charge is 0.153 e. The molecule has 0 aromatic rings. The van der Waals surface area contributed by atoms with Gasteiger partial charge in [-0.25, -0.2) is 8.42 Å². The second-order valence-corrected chi connectivity index (χ2v) is 9.01. The van der Waals surface area contributed by atoms with E-state index in [1.807, 2.05) is 0 Å². The molecule has 0 saturated heterocycles. The number of hydrogen-bond acceptors (Lipinski definition) is 3. The van der Waals surface area contributed by atoms with Gasteiger partial charge in [-0.15, -0.1) is 0 Å². The molecule has 0 amide bonds. The van der Waals surface area contributed by atoms with Gasteiger partial charge in [0.15, 0.2) is 9.84 Å². The summed E-state index contributed by atoms with van der Waals surface area (Å²) in [5.41, 5.74) is 0. The number of nitrogens with one attached hydrogen (secondary N) is 1. The maximum Gasteiger partial charge on any atom is 0.153 e. The van der Waals surface area contributed by atoms with Crippen molar-refractivity contribution in [1.29, 1.82) is 0 Å². The Hall–Kier alpha value is -0.0900. The van der Waals surface area contributed by atoms with Crippen molar-refractivity contribution in [3.05, 3.63) is 0 Å². The van der Waals surface area contributed by atoms with Gasteiger partial charge >= 0.3 is 0 Å². The molecule has 1 rings (SSSR count). The van der Waals surface area contributed by atoms with E-state index < -0.39 is 9.84 Å². The zero-order chi connectivity index (χ0) is 15.0. The third kappa shape index (κ3) is 6.57. The van der Waals surface area contributed by atoms with Gasteiger partial charge < -0.3 is 5.32 Å². The molecule has 0 aromatic carbocycles. The second kappa shape index (κ2) is 9.04.